The lowest BCUT2D eigenvalue weighted by Gasteiger charge is -2.35. The topological polar surface area (TPSA) is 89.9 Å². The molecule has 2 amide bonds. The van der Waals surface area contributed by atoms with E-state index in [2.05, 4.69) is 5.32 Å². The molecule has 0 aliphatic heterocycles. The second kappa shape index (κ2) is 7.97. The minimum atomic E-state index is -0.807. The third-order valence-corrected chi connectivity index (χ3v) is 4.22. The number of hydrogen-bond acceptors (Lipinski definition) is 3. The predicted molar refractivity (Wildman–Crippen MR) is 85.8 cm³/mol. The SMILES string of the molecule is CCC(O)CN(Cc1ccccc1)C(=O)NC1CC(C(=O)O)C1. The van der Waals surface area contributed by atoms with E-state index in [9.17, 15) is 14.7 Å². The third-order valence-electron chi connectivity index (χ3n) is 4.22. The number of hydrogen-bond donors (Lipinski definition) is 3. The quantitative estimate of drug-likeness (QED) is 0.715. The minimum Gasteiger partial charge on any atom is -0.481 e. The van der Waals surface area contributed by atoms with Gasteiger partial charge in [-0.05, 0) is 24.8 Å². The molecule has 1 atom stereocenters. The molecule has 1 aliphatic rings. The number of carbonyl (C=O) groups is 2. The molecule has 23 heavy (non-hydrogen) atoms. The molecule has 6 nitrogen and oxygen atoms in total. The lowest BCUT2D eigenvalue weighted by molar-refractivity contribution is -0.145. The van der Waals surface area contributed by atoms with Crippen LogP contribution in [-0.2, 0) is 11.3 Å². The van der Waals surface area contributed by atoms with Crippen molar-refractivity contribution in [2.24, 2.45) is 5.92 Å². The molecule has 6 heteroatoms. The molecule has 1 aliphatic carbocycles. The van der Waals surface area contributed by atoms with Crippen LogP contribution in [0, 0.1) is 5.92 Å². The molecule has 0 aromatic heterocycles. The Hall–Kier alpha value is -2.08. The van der Waals surface area contributed by atoms with Crippen LogP contribution in [0.25, 0.3) is 0 Å². The Balaban J connectivity index is 1.93. The number of carboxylic acids is 1. The van der Waals surface area contributed by atoms with Crippen LogP contribution in [0.5, 0.6) is 0 Å². The van der Waals surface area contributed by atoms with Gasteiger partial charge in [-0.1, -0.05) is 37.3 Å². The zero-order valence-corrected chi connectivity index (χ0v) is 13.3. The number of aliphatic hydroxyl groups excluding tert-OH is 1. The molecule has 0 saturated heterocycles. The van der Waals surface area contributed by atoms with Crippen LogP contribution < -0.4 is 5.32 Å². The first-order valence-corrected chi connectivity index (χ1v) is 7.99. The first-order chi connectivity index (χ1) is 11.0. The van der Waals surface area contributed by atoms with Gasteiger partial charge >= 0.3 is 12.0 Å². The first-order valence-electron chi connectivity index (χ1n) is 7.99. The van der Waals surface area contributed by atoms with E-state index in [1.807, 2.05) is 37.3 Å². The molecule has 1 aromatic carbocycles. The molecular formula is C17H24N2O4. The van der Waals surface area contributed by atoms with Crippen LogP contribution in [-0.4, -0.2) is 45.8 Å². The van der Waals surface area contributed by atoms with Crippen molar-refractivity contribution in [3.05, 3.63) is 35.9 Å². The van der Waals surface area contributed by atoms with Gasteiger partial charge in [0.15, 0.2) is 0 Å². The highest BCUT2D eigenvalue weighted by molar-refractivity contribution is 5.76. The van der Waals surface area contributed by atoms with Gasteiger partial charge in [-0.15, -0.1) is 0 Å². The summed E-state index contributed by atoms with van der Waals surface area (Å²) >= 11 is 0. The fourth-order valence-electron chi connectivity index (χ4n) is 2.61. The van der Waals surface area contributed by atoms with Crippen molar-refractivity contribution < 1.29 is 19.8 Å². The van der Waals surface area contributed by atoms with Crippen LogP contribution in [0.4, 0.5) is 4.79 Å². The second-order valence-corrected chi connectivity index (χ2v) is 6.08. The molecule has 1 fully saturated rings. The number of carbonyl (C=O) groups excluding carboxylic acids is 1. The summed E-state index contributed by atoms with van der Waals surface area (Å²) in [6, 6.07) is 9.24. The van der Waals surface area contributed by atoms with Crippen LogP contribution in [0.2, 0.25) is 0 Å². The van der Waals surface area contributed by atoms with Crippen molar-refractivity contribution in [3.8, 4) is 0 Å². The van der Waals surface area contributed by atoms with Gasteiger partial charge < -0.3 is 20.4 Å². The Kier molecular flexibility index (Phi) is 5.98. The zero-order valence-electron chi connectivity index (χ0n) is 13.3. The standard InChI is InChI=1S/C17H24N2O4/c1-2-15(20)11-19(10-12-6-4-3-5-7-12)17(23)18-14-8-13(9-14)16(21)22/h3-7,13-15,20H,2,8-11H2,1H3,(H,18,23)(H,21,22). The molecule has 0 bridgehead atoms. The molecule has 0 radical (unpaired) electrons. The molecular weight excluding hydrogens is 296 g/mol. The minimum absolute atomic E-state index is 0.0966. The third kappa shape index (κ3) is 4.96. The van der Waals surface area contributed by atoms with E-state index in [-0.39, 0.29) is 24.5 Å². The Morgan fingerprint density at radius 1 is 1.30 bits per heavy atom. The lowest BCUT2D eigenvalue weighted by atomic mass is 9.80. The van der Waals surface area contributed by atoms with E-state index < -0.39 is 12.1 Å². The average molecular weight is 320 g/mol. The molecule has 1 unspecified atom stereocenters. The smallest absolute Gasteiger partial charge is 0.318 e. The van der Waals surface area contributed by atoms with Gasteiger partial charge in [-0.3, -0.25) is 4.79 Å². The largest absolute Gasteiger partial charge is 0.481 e. The highest BCUT2D eigenvalue weighted by Gasteiger charge is 2.36. The van der Waals surface area contributed by atoms with E-state index in [1.165, 1.54) is 0 Å². The van der Waals surface area contributed by atoms with Crippen molar-refractivity contribution in [2.45, 2.75) is 44.9 Å². The molecule has 1 saturated carbocycles. The maximum absolute atomic E-state index is 12.4. The number of rotatable bonds is 7. The second-order valence-electron chi connectivity index (χ2n) is 6.08. The Bertz CT molecular complexity index is 529. The fourth-order valence-corrected chi connectivity index (χ4v) is 2.61. The van der Waals surface area contributed by atoms with Crippen molar-refractivity contribution in [2.75, 3.05) is 6.54 Å². The van der Waals surface area contributed by atoms with Crippen LogP contribution in [0.15, 0.2) is 30.3 Å². The summed E-state index contributed by atoms with van der Waals surface area (Å²) in [5.74, 6) is -1.16. The average Bonchev–Trinajstić information content (AvgIpc) is 2.50. The number of amides is 2. The Morgan fingerprint density at radius 3 is 2.52 bits per heavy atom. The van der Waals surface area contributed by atoms with Gasteiger partial charge in [0.1, 0.15) is 0 Å². The van der Waals surface area contributed by atoms with E-state index in [1.54, 1.807) is 4.90 Å². The number of carboxylic acid groups (broad SMARTS) is 1. The highest BCUT2D eigenvalue weighted by Crippen LogP contribution is 2.27. The maximum atomic E-state index is 12.4. The number of aliphatic hydroxyl groups is 1. The van der Waals surface area contributed by atoms with Crippen molar-refractivity contribution in [1.29, 1.82) is 0 Å². The summed E-state index contributed by atoms with van der Waals surface area (Å²) in [5.41, 5.74) is 0.989. The molecule has 126 valence electrons. The Labute approximate surface area is 136 Å². The molecule has 3 N–H and O–H groups in total. The van der Waals surface area contributed by atoms with Crippen LogP contribution >= 0.6 is 0 Å². The van der Waals surface area contributed by atoms with E-state index in [0.29, 0.717) is 25.8 Å². The van der Waals surface area contributed by atoms with Gasteiger partial charge in [0.25, 0.3) is 0 Å². The first kappa shape index (κ1) is 17.3. The summed E-state index contributed by atoms with van der Waals surface area (Å²) in [5, 5.41) is 21.6. The summed E-state index contributed by atoms with van der Waals surface area (Å²) in [6.45, 7) is 2.54. The van der Waals surface area contributed by atoms with Gasteiger partial charge in [0.05, 0.1) is 12.0 Å². The van der Waals surface area contributed by atoms with Gasteiger partial charge in [-0.25, -0.2) is 4.79 Å². The predicted octanol–water partition coefficient (Wildman–Crippen LogP) is 1.83. The highest BCUT2D eigenvalue weighted by atomic mass is 16.4. The van der Waals surface area contributed by atoms with Gasteiger partial charge in [0, 0.05) is 19.1 Å². The normalized spacial score (nSPS) is 21.1. The molecule has 1 aromatic rings. The zero-order chi connectivity index (χ0) is 16.8. The van der Waals surface area contributed by atoms with E-state index in [4.69, 9.17) is 5.11 Å². The lowest BCUT2D eigenvalue weighted by Crippen LogP contribution is -2.52. The van der Waals surface area contributed by atoms with E-state index >= 15 is 0 Å². The van der Waals surface area contributed by atoms with Crippen LogP contribution in [0.3, 0.4) is 0 Å². The molecule has 0 spiro atoms. The summed E-state index contributed by atoms with van der Waals surface area (Å²) in [7, 11) is 0. The number of aliphatic carboxylic acids is 1. The number of nitrogens with one attached hydrogen (secondary N) is 1. The van der Waals surface area contributed by atoms with Gasteiger partial charge in [0.2, 0.25) is 0 Å². The molecule has 2 rings (SSSR count). The van der Waals surface area contributed by atoms with Gasteiger partial charge in [-0.2, -0.15) is 0 Å². The monoisotopic (exact) mass is 320 g/mol. The van der Waals surface area contributed by atoms with Crippen molar-refractivity contribution in [1.82, 2.24) is 10.2 Å². The summed E-state index contributed by atoms with van der Waals surface area (Å²) in [4.78, 5) is 24.8. The Morgan fingerprint density at radius 2 is 1.96 bits per heavy atom. The van der Waals surface area contributed by atoms with Crippen LogP contribution in [0.1, 0.15) is 31.7 Å². The number of benzene rings is 1. The number of nitrogens with zero attached hydrogens (tertiary/aromatic N) is 1. The number of urea groups is 1. The summed E-state index contributed by atoms with van der Waals surface area (Å²) in [6.07, 6.45) is 0.939. The summed E-state index contributed by atoms with van der Waals surface area (Å²) < 4.78 is 0. The maximum Gasteiger partial charge on any atom is 0.318 e. The molecule has 0 heterocycles. The van der Waals surface area contributed by atoms with Crippen molar-refractivity contribution >= 4 is 12.0 Å². The fraction of sp³-hybridized carbons (Fsp3) is 0.529. The van der Waals surface area contributed by atoms with Crippen molar-refractivity contribution in [3.63, 3.8) is 0 Å². The van der Waals surface area contributed by atoms with E-state index in [0.717, 1.165) is 5.56 Å².